The van der Waals surface area contributed by atoms with E-state index in [9.17, 15) is 23.4 Å². The Balaban J connectivity index is 2.76. The van der Waals surface area contributed by atoms with Crippen LogP contribution in [0.25, 0.3) is 0 Å². The zero-order chi connectivity index (χ0) is 16.0. The van der Waals surface area contributed by atoms with Gasteiger partial charge in [0.15, 0.2) is 0 Å². The van der Waals surface area contributed by atoms with Crippen LogP contribution in [-0.2, 0) is 20.3 Å². The van der Waals surface area contributed by atoms with E-state index in [1.165, 1.54) is 18.2 Å². The van der Waals surface area contributed by atoms with Crippen LogP contribution in [0.4, 0.5) is 4.39 Å². The van der Waals surface area contributed by atoms with Crippen LogP contribution in [-0.4, -0.2) is 33.2 Å². The Labute approximate surface area is 120 Å². The van der Waals surface area contributed by atoms with E-state index in [2.05, 4.69) is 0 Å². The molecule has 6 nitrogen and oxygen atoms in total. The summed E-state index contributed by atoms with van der Waals surface area (Å²) >= 11 is 0. The molecule has 0 spiro atoms. The predicted molar refractivity (Wildman–Crippen MR) is 72.8 cm³/mol. The van der Waals surface area contributed by atoms with Crippen LogP contribution in [0.15, 0.2) is 24.3 Å². The number of carboxylic acid groups (broad SMARTS) is 2. The minimum Gasteiger partial charge on any atom is -0.481 e. The van der Waals surface area contributed by atoms with Gasteiger partial charge in [-0.1, -0.05) is 18.2 Å². The second kappa shape index (κ2) is 7.33. The first-order valence-corrected chi connectivity index (χ1v) is 8.23. The molecule has 0 aliphatic rings. The van der Waals surface area contributed by atoms with Gasteiger partial charge in [-0.05, 0) is 18.1 Å². The van der Waals surface area contributed by atoms with E-state index in [1.807, 2.05) is 0 Å². The third-order valence-corrected chi connectivity index (χ3v) is 4.78. The maximum absolute atomic E-state index is 13.4. The highest BCUT2D eigenvalue weighted by molar-refractivity contribution is 7.57. The van der Waals surface area contributed by atoms with E-state index >= 15 is 0 Å². The summed E-state index contributed by atoms with van der Waals surface area (Å²) < 4.78 is 25.5. The maximum Gasteiger partial charge on any atom is 0.307 e. The zero-order valence-corrected chi connectivity index (χ0v) is 12.0. The topological polar surface area (TPSA) is 112 Å². The van der Waals surface area contributed by atoms with Crippen molar-refractivity contribution in [1.29, 1.82) is 0 Å². The molecule has 0 saturated heterocycles. The van der Waals surface area contributed by atoms with Gasteiger partial charge >= 0.3 is 11.9 Å². The second-order valence-corrected chi connectivity index (χ2v) is 7.12. The normalized spacial score (nSPS) is 15.1. The number of hydrogen-bond donors (Lipinski definition) is 3. The van der Waals surface area contributed by atoms with E-state index in [1.54, 1.807) is 0 Å². The molecule has 21 heavy (non-hydrogen) atoms. The van der Waals surface area contributed by atoms with Crippen molar-refractivity contribution < 1.29 is 33.7 Å². The molecule has 116 valence electrons. The van der Waals surface area contributed by atoms with Crippen LogP contribution in [0.5, 0.6) is 0 Å². The van der Waals surface area contributed by atoms with E-state index in [-0.39, 0.29) is 12.0 Å². The van der Waals surface area contributed by atoms with Crippen molar-refractivity contribution in [3.8, 4) is 0 Å². The Morgan fingerprint density at radius 1 is 1.24 bits per heavy atom. The monoisotopic (exact) mass is 318 g/mol. The first-order valence-electron chi connectivity index (χ1n) is 6.20. The first-order chi connectivity index (χ1) is 9.71. The van der Waals surface area contributed by atoms with Gasteiger partial charge in [0.05, 0.1) is 12.1 Å². The van der Waals surface area contributed by atoms with Crippen molar-refractivity contribution in [2.45, 2.75) is 19.0 Å². The van der Waals surface area contributed by atoms with Crippen LogP contribution in [0.2, 0.25) is 0 Å². The largest absolute Gasteiger partial charge is 0.481 e. The lowest BCUT2D eigenvalue weighted by Gasteiger charge is -2.17. The fourth-order valence-electron chi connectivity index (χ4n) is 1.89. The van der Waals surface area contributed by atoms with Crippen LogP contribution < -0.4 is 0 Å². The minimum absolute atomic E-state index is 0.0331. The lowest BCUT2D eigenvalue weighted by molar-refractivity contribution is -0.142. The van der Waals surface area contributed by atoms with E-state index < -0.39 is 49.8 Å². The van der Waals surface area contributed by atoms with Gasteiger partial charge < -0.3 is 15.1 Å². The number of benzene rings is 1. The summed E-state index contributed by atoms with van der Waals surface area (Å²) in [6.07, 6.45) is -1.70. The molecule has 1 aromatic rings. The molecule has 0 radical (unpaired) electrons. The molecule has 0 aromatic heterocycles. The Hall–Kier alpha value is -1.72. The first kappa shape index (κ1) is 17.3. The molecule has 0 bridgehead atoms. The van der Waals surface area contributed by atoms with Gasteiger partial charge in [0, 0.05) is 12.6 Å². The third kappa shape index (κ3) is 6.06. The highest BCUT2D eigenvalue weighted by Gasteiger charge is 2.30. The van der Waals surface area contributed by atoms with Gasteiger partial charge in [0.25, 0.3) is 0 Å². The fraction of sp³-hybridized carbons (Fsp3) is 0.385. The number of aliphatic carboxylic acids is 2. The van der Waals surface area contributed by atoms with Crippen molar-refractivity contribution >= 4 is 19.3 Å². The number of carbonyl (C=O) groups is 2. The summed E-state index contributed by atoms with van der Waals surface area (Å²) in [5, 5.41) is 17.5. The van der Waals surface area contributed by atoms with E-state index in [4.69, 9.17) is 10.2 Å². The van der Waals surface area contributed by atoms with Crippen LogP contribution >= 0.6 is 7.37 Å². The number of hydrogen-bond acceptors (Lipinski definition) is 3. The summed E-state index contributed by atoms with van der Waals surface area (Å²) in [7, 11) is -3.93. The van der Waals surface area contributed by atoms with Crippen LogP contribution in [0.3, 0.4) is 0 Å². The van der Waals surface area contributed by atoms with Gasteiger partial charge in [-0.25, -0.2) is 4.39 Å². The Kier molecular flexibility index (Phi) is 6.05. The number of rotatable bonds is 8. The van der Waals surface area contributed by atoms with E-state index in [0.29, 0.717) is 0 Å². The molecular formula is C13H16FO6P. The van der Waals surface area contributed by atoms with Gasteiger partial charge in [-0.3, -0.25) is 14.2 Å². The van der Waals surface area contributed by atoms with Crippen molar-refractivity contribution in [2.24, 2.45) is 5.92 Å². The van der Waals surface area contributed by atoms with Gasteiger partial charge in [-0.15, -0.1) is 0 Å². The predicted octanol–water partition coefficient (Wildman–Crippen LogP) is 2.16. The second-order valence-electron chi connectivity index (χ2n) is 4.75. The average molecular weight is 318 g/mol. The Morgan fingerprint density at radius 2 is 1.86 bits per heavy atom. The SMILES string of the molecule is O=C(O)CCC(CP(=O)(O)Cc1ccccc1F)C(=O)O. The molecular weight excluding hydrogens is 302 g/mol. The Morgan fingerprint density at radius 3 is 2.38 bits per heavy atom. The molecule has 0 heterocycles. The van der Waals surface area contributed by atoms with Crippen molar-refractivity contribution in [3.05, 3.63) is 35.6 Å². The molecule has 0 aliphatic carbocycles. The lowest BCUT2D eigenvalue weighted by atomic mass is 10.1. The number of carboxylic acids is 2. The molecule has 3 N–H and O–H groups in total. The summed E-state index contributed by atoms with van der Waals surface area (Å²) in [5.74, 6) is -4.39. The summed E-state index contributed by atoms with van der Waals surface area (Å²) in [5.41, 5.74) is 0.0331. The molecule has 2 atom stereocenters. The smallest absolute Gasteiger partial charge is 0.307 e. The zero-order valence-electron chi connectivity index (χ0n) is 11.1. The highest BCUT2D eigenvalue weighted by Crippen LogP contribution is 2.47. The molecule has 8 heteroatoms. The maximum atomic E-state index is 13.4. The summed E-state index contributed by atoms with van der Waals surface area (Å²) in [6, 6.07) is 5.45. The third-order valence-electron chi connectivity index (χ3n) is 2.94. The van der Waals surface area contributed by atoms with Crippen molar-refractivity contribution in [3.63, 3.8) is 0 Å². The molecule has 0 fully saturated rings. The van der Waals surface area contributed by atoms with E-state index in [0.717, 1.165) is 6.07 Å². The molecule has 0 amide bonds. The number of halogens is 1. The van der Waals surface area contributed by atoms with Crippen LogP contribution in [0, 0.1) is 11.7 Å². The molecule has 0 saturated carbocycles. The summed E-state index contributed by atoms with van der Waals surface area (Å²) in [6.45, 7) is 0. The molecule has 2 unspecified atom stereocenters. The molecule has 1 rings (SSSR count). The summed E-state index contributed by atoms with van der Waals surface area (Å²) in [4.78, 5) is 31.3. The minimum atomic E-state index is -3.93. The van der Waals surface area contributed by atoms with Crippen molar-refractivity contribution in [1.82, 2.24) is 0 Å². The Bertz CT molecular complexity index is 574. The highest BCUT2D eigenvalue weighted by atomic mass is 31.2. The average Bonchev–Trinajstić information content (AvgIpc) is 2.36. The van der Waals surface area contributed by atoms with Crippen LogP contribution in [0.1, 0.15) is 18.4 Å². The van der Waals surface area contributed by atoms with Crippen molar-refractivity contribution in [2.75, 3.05) is 6.16 Å². The molecule has 0 aliphatic heterocycles. The van der Waals surface area contributed by atoms with Gasteiger partial charge in [0.1, 0.15) is 5.82 Å². The lowest BCUT2D eigenvalue weighted by Crippen LogP contribution is -2.20. The van der Waals surface area contributed by atoms with Gasteiger partial charge in [0.2, 0.25) is 7.37 Å². The quantitative estimate of drug-likeness (QED) is 0.633. The molecule has 1 aromatic carbocycles. The van der Waals surface area contributed by atoms with Gasteiger partial charge in [-0.2, -0.15) is 0 Å². The fourth-order valence-corrected chi connectivity index (χ4v) is 3.84. The standard InChI is InChI=1S/C13H16FO6P/c14-11-4-2-1-3-9(11)7-21(19,20)8-10(13(17)18)5-6-12(15)16/h1-4,10H,5-8H2,(H,15,16)(H,17,18)(H,19,20).